The first-order valence-corrected chi connectivity index (χ1v) is 7.12. The van der Waals surface area contributed by atoms with Crippen molar-refractivity contribution in [2.24, 2.45) is 0 Å². The molecule has 0 saturated carbocycles. The predicted octanol–water partition coefficient (Wildman–Crippen LogP) is 1.97. The topological polar surface area (TPSA) is 44.8 Å². The Morgan fingerprint density at radius 3 is 2.21 bits per heavy atom. The minimum Gasteiger partial charge on any atom is -0.473 e. The Morgan fingerprint density at radius 1 is 1.21 bits per heavy atom. The predicted molar refractivity (Wildman–Crippen MR) is 55.9 cm³/mol. The molecule has 0 aromatic carbocycles. The zero-order valence-corrected chi connectivity index (χ0v) is 10.5. The molecule has 0 heterocycles. The van der Waals surface area contributed by atoms with Crippen molar-refractivity contribution in [3.05, 3.63) is 0 Å². The largest absolute Gasteiger partial charge is 0.564 e. The van der Waals surface area contributed by atoms with Crippen molar-refractivity contribution in [3.63, 3.8) is 0 Å². The summed E-state index contributed by atoms with van der Waals surface area (Å²) in [6.07, 6.45) is 3.46. The molecule has 0 atom stereocenters. The van der Waals surface area contributed by atoms with Crippen LogP contribution in [0.2, 0.25) is 6.55 Å². The summed E-state index contributed by atoms with van der Waals surface area (Å²) >= 11 is 0. The maximum absolute atomic E-state index is 11.3. The first kappa shape index (κ1) is 13.6. The molecule has 5 heteroatoms. The lowest BCUT2D eigenvalue weighted by atomic mass is 10.2. The van der Waals surface area contributed by atoms with Crippen LogP contribution in [-0.4, -0.2) is 29.0 Å². The van der Waals surface area contributed by atoms with Crippen LogP contribution in [-0.2, 0) is 18.1 Å². The summed E-state index contributed by atoms with van der Waals surface area (Å²) in [6.45, 7) is 3.79. The molecule has 0 spiro atoms. The zero-order chi connectivity index (χ0) is 11.0. The Balaban J connectivity index is 3.80. The Kier molecular flexibility index (Phi) is 6.78. The fraction of sp³-hybridized carbons (Fsp3) is 0.889. The summed E-state index contributed by atoms with van der Waals surface area (Å²) in [7, 11) is 0.320. The van der Waals surface area contributed by atoms with Gasteiger partial charge in [-0.15, -0.1) is 0 Å². The minimum atomic E-state index is -2.67. The van der Waals surface area contributed by atoms with Gasteiger partial charge in [0, 0.05) is 27.2 Å². The van der Waals surface area contributed by atoms with Crippen LogP contribution in [0.15, 0.2) is 0 Å². The highest BCUT2D eigenvalue weighted by molar-refractivity contribution is 6.60. The van der Waals surface area contributed by atoms with Crippen molar-refractivity contribution in [1.29, 1.82) is 0 Å². The molecular formula is C9H20O4Si. The van der Waals surface area contributed by atoms with E-state index in [1.165, 1.54) is 14.2 Å². The molecule has 0 bridgehead atoms. The third-order valence-corrected chi connectivity index (χ3v) is 4.11. The molecule has 84 valence electrons. The van der Waals surface area contributed by atoms with Gasteiger partial charge < -0.3 is 13.3 Å². The van der Waals surface area contributed by atoms with Crippen LogP contribution in [0.4, 0.5) is 0 Å². The molecule has 0 aliphatic carbocycles. The number of unbranched alkanes of at least 4 members (excludes halogenated alkanes) is 2. The Morgan fingerprint density at radius 2 is 1.79 bits per heavy atom. The normalized spacial score (nSPS) is 11.4. The van der Waals surface area contributed by atoms with Crippen LogP contribution in [0.1, 0.15) is 32.6 Å². The van der Waals surface area contributed by atoms with E-state index < -0.39 is 8.80 Å². The van der Waals surface area contributed by atoms with Gasteiger partial charge in [-0.1, -0.05) is 19.8 Å². The zero-order valence-electron chi connectivity index (χ0n) is 9.46. The van der Waals surface area contributed by atoms with E-state index in [0.717, 1.165) is 19.3 Å². The number of hydrogen-bond donors (Lipinski definition) is 0. The van der Waals surface area contributed by atoms with E-state index >= 15 is 0 Å². The minimum absolute atomic E-state index is 0.226. The highest BCUT2D eigenvalue weighted by Crippen LogP contribution is 2.09. The van der Waals surface area contributed by atoms with Crippen LogP contribution >= 0.6 is 0 Å². The molecule has 0 unspecified atom stereocenters. The van der Waals surface area contributed by atoms with E-state index in [9.17, 15) is 4.79 Å². The molecule has 0 aromatic heterocycles. The molecule has 0 amide bonds. The standard InChI is InChI=1S/C9H20O4Si/c1-5-6-7-8-9(10)13-14(4,11-2)12-3/h5-8H2,1-4H3. The maximum Gasteiger partial charge on any atom is 0.564 e. The van der Waals surface area contributed by atoms with Crippen molar-refractivity contribution in [2.45, 2.75) is 39.2 Å². The smallest absolute Gasteiger partial charge is 0.473 e. The van der Waals surface area contributed by atoms with Crippen molar-refractivity contribution in [3.8, 4) is 0 Å². The molecule has 0 saturated heterocycles. The molecule has 0 aliphatic rings. The van der Waals surface area contributed by atoms with Gasteiger partial charge in [0.05, 0.1) is 0 Å². The third kappa shape index (κ3) is 5.36. The van der Waals surface area contributed by atoms with Gasteiger partial charge in [0.25, 0.3) is 5.97 Å². The van der Waals surface area contributed by atoms with E-state index in [1.807, 2.05) is 0 Å². The van der Waals surface area contributed by atoms with Crippen molar-refractivity contribution in [2.75, 3.05) is 14.2 Å². The number of carbonyl (C=O) groups excluding carboxylic acids is 1. The molecule has 0 aromatic rings. The van der Waals surface area contributed by atoms with E-state index in [4.69, 9.17) is 13.3 Å². The number of hydrogen-bond acceptors (Lipinski definition) is 4. The first-order chi connectivity index (χ1) is 6.58. The Labute approximate surface area is 86.9 Å². The van der Waals surface area contributed by atoms with Gasteiger partial charge in [-0.3, -0.25) is 4.79 Å². The number of rotatable bonds is 7. The van der Waals surface area contributed by atoms with Gasteiger partial charge in [0.2, 0.25) is 0 Å². The van der Waals surface area contributed by atoms with Crippen LogP contribution < -0.4 is 0 Å². The molecule has 4 nitrogen and oxygen atoms in total. The molecule has 0 radical (unpaired) electrons. The third-order valence-electron chi connectivity index (χ3n) is 2.03. The fourth-order valence-electron chi connectivity index (χ4n) is 0.944. The molecule has 0 rings (SSSR count). The summed E-state index contributed by atoms with van der Waals surface area (Å²) in [5, 5.41) is 0. The monoisotopic (exact) mass is 220 g/mol. The van der Waals surface area contributed by atoms with Crippen LogP contribution in [0.3, 0.4) is 0 Å². The van der Waals surface area contributed by atoms with Gasteiger partial charge in [-0.25, -0.2) is 0 Å². The lowest BCUT2D eigenvalue weighted by Crippen LogP contribution is -2.42. The maximum atomic E-state index is 11.3. The van der Waals surface area contributed by atoms with Crippen LogP contribution in [0.25, 0.3) is 0 Å². The lowest BCUT2D eigenvalue weighted by molar-refractivity contribution is -0.138. The average Bonchev–Trinajstić information content (AvgIpc) is 2.18. The van der Waals surface area contributed by atoms with E-state index in [-0.39, 0.29) is 5.97 Å². The SMILES string of the molecule is CCCCCC(=O)O[Si](C)(OC)OC. The van der Waals surface area contributed by atoms with Gasteiger partial charge >= 0.3 is 8.80 Å². The van der Waals surface area contributed by atoms with Crippen molar-refractivity contribution < 1.29 is 18.1 Å². The van der Waals surface area contributed by atoms with Crippen LogP contribution in [0.5, 0.6) is 0 Å². The van der Waals surface area contributed by atoms with Crippen molar-refractivity contribution >= 4 is 14.8 Å². The van der Waals surface area contributed by atoms with Crippen LogP contribution in [0, 0.1) is 0 Å². The lowest BCUT2D eigenvalue weighted by Gasteiger charge is -2.21. The summed E-state index contributed by atoms with van der Waals surface area (Å²) in [4.78, 5) is 11.3. The first-order valence-electron chi connectivity index (χ1n) is 4.90. The second-order valence-corrected chi connectivity index (χ2v) is 5.95. The molecule has 0 aliphatic heterocycles. The molecule has 0 N–H and O–H groups in total. The average molecular weight is 220 g/mol. The second-order valence-electron chi connectivity index (χ2n) is 3.20. The second kappa shape index (κ2) is 6.97. The molecule has 14 heavy (non-hydrogen) atoms. The quantitative estimate of drug-likeness (QED) is 0.486. The Hall–Kier alpha value is -0.393. The van der Waals surface area contributed by atoms with E-state index in [2.05, 4.69) is 6.92 Å². The summed E-state index contributed by atoms with van der Waals surface area (Å²) in [5.41, 5.74) is 0. The molecular weight excluding hydrogens is 200 g/mol. The van der Waals surface area contributed by atoms with Gasteiger partial charge in [-0.05, 0) is 6.42 Å². The van der Waals surface area contributed by atoms with E-state index in [0.29, 0.717) is 6.42 Å². The Bertz CT molecular complexity index is 168. The summed E-state index contributed by atoms with van der Waals surface area (Å²) in [5.74, 6) is -0.226. The summed E-state index contributed by atoms with van der Waals surface area (Å²) < 4.78 is 15.2. The molecule has 0 fully saturated rings. The van der Waals surface area contributed by atoms with Gasteiger partial charge in [0.1, 0.15) is 0 Å². The van der Waals surface area contributed by atoms with Gasteiger partial charge in [-0.2, -0.15) is 0 Å². The highest BCUT2D eigenvalue weighted by atomic mass is 28.4. The van der Waals surface area contributed by atoms with E-state index in [1.54, 1.807) is 6.55 Å². The number of carbonyl (C=O) groups is 1. The highest BCUT2D eigenvalue weighted by Gasteiger charge is 2.36. The van der Waals surface area contributed by atoms with Crippen molar-refractivity contribution in [1.82, 2.24) is 0 Å². The fourth-order valence-corrected chi connectivity index (χ4v) is 1.79. The summed E-state index contributed by atoms with van der Waals surface area (Å²) in [6, 6.07) is 0. The van der Waals surface area contributed by atoms with Gasteiger partial charge in [0.15, 0.2) is 0 Å².